The Balaban J connectivity index is 1.74. The third-order valence-electron chi connectivity index (χ3n) is 6.14. The summed E-state index contributed by atoms with van der Waals surface area (Å²) in [7, 11) is -1.94. The fourth-order valence-corrected chi connectivity index (χ4v) is 5.94. The molecule has 28 heavy (non-hydrogen) atoms. The van der Waals surface area contributed by atoms with Crippen LogP contribution >= 0.6 is 0 Å². The van der Waals surface area contributed by atoms with Gasteiger partial charge >= 0.3 is 0 Å². The number of sulfone groups is 1. The zero-order valence-electron chi connectivity index (χ0n) is 16.0. The van der Waals surface area contributed by atoms with Gasteiger partial charge in [-0.15, -0.1) is 0 Å². The van der Waals surface area contributed by atoms with Crippen LogP contribution in [0.1, 0.15) is 31.2 Å². The Morgan fingerprint density at radius 3 is 2.36 bits per heavy atom. The Bertz CT molecular complexity index is 989. The van der Waals surface area contributed by atoms with E-state index in [1.165, 1.54) is 6.07 Å². The highest BCUT2D eigenvalue weighted by Gasteiger charge is 2.38. The lowest BCUT2D eigenvalue weighted by Crippen LogP contribution is -2.31. The summed E-state index contributed by atoms with van der Waals surface area (Å²) in [6, 6.07) is 7.82. The zero-order valence-corrected chi connectivity index (χ0v) is 16.8. The Kier molecular flexibility index (Phi) is 4.91. The van der Waals surface area contributed by atoms with Crippen LogP contribution < -0.4 is 4.90 Å². The minimum Gasteiger partial charge on any atom is -0.371 e. The number of nitrogens with zero attached hydrogens (tertiary/aromatic N) is 2. The Hall–Kier alpha value is -1.99. The summed E-state index contributed by atoms with van der Waals surface area (Å²) in [6.45, 7) is 5.18. The Morgan fingerprint density at radius 1 is 1.00 bits per heavy atom. The molecule has 0 unspecified atom stereocenters. The SMILES string of the molecule is CCN1CC[C@@H]2[C@@H](CC1)c1cc(S(=O)(=O)c3cc(F)cc(F)c3)ccc1N2C. The topological polar surface area (TPSA) is 40.6 Å². The average Bonchev–Trinajstić information content (AvgIpc) is 2.81. The standard InChI is InChI=1S/C21H24F2N2O2S/c1-3-25-8-6-18-19-13-16(4-5-20(19)24(2)21(18)7-9-25)28(26,27)17-11-14(22)10-15(23)12-17/h4-5,10-13,18,21H,3,6-9H2,1-2H3/t18-,21+/m0/s1. The molecule has 0 amide bonds. The first kappa shape index (κ1) is 19.3. The fourth-order valence-electron chi connectivity index (χ4n) is 4.60. The summed E-state index contributed by atoms with van der Waals surface area (Å²) in [5.74, 6) is -1.54. The molecule has 2 aromatic rings. The molecule has 2 aromatic carbocycles. The first-order valence-corrected chi connectivity index (χ1v) is 11.1. The van der Waals surface area contributed by atoms with E-state index in [4.69, 9.17) is 0 Å². The molecule has 0 bridgehead atoms. The van der Waals surface area contributed by atoms with Gasteiger partial charge in [0.2, 0.25) is 9.84 Å². The number of hydrogen-bond acceptors (Lipinski definition) is 4. The van der Waals surface area contributed by atoms with Gasteiger partial charge < -0.3 is 9.80 Å². The molecular formula is C21H24F2N2O2S. The smallest absolute Gasteiger partial charge is 0.206 e. The molecule has 0 radical (unpaired) electrons. The van der Waals surface area contributed by atoms with E-state index in [2.05, 4.69) is 23.8 Å². The highest BCUT2D eigenvalue weighted by atomic mass is 32.2. The largest absolute Gasteiger partial charge is 0.371 e. The van der Waals surface area contributed by atoms with Crippen molar-refractivity contribution in [1.82, 2.24) is 4.90 Å². The summed E-state index contributed by atoms with van der Waals surface area (Å²) in [6.07, 6.45) is 1.99. The maximum Gasteiger partial charge on any atom is 0.206 e. The van der Waals surface area contributed by atoms with Gasteiger partial charge in [0.15, 0.2) is 0 Å². The van der Waals surface area contributed by atoms with E-state index in [0.717, 1.165) is 55.9 Å². The predicted molar refractivity (Wildman–Crippen MR) is 105 cm³/mol. The molecule has 0 aliphatic carbocycles. The monoisotopic (exact) mass is 406 g/mol. The van der Waals surface area contributed by atoms with Gasteiger partial charge in [-0.3, -0.25) is 0 Å². The van der Waals surface area contributed by atoms with Crippen molar-refractivity contribution in [3.05, 3.63) is 53.6 Å². The van der Waals surface area contributed by atoms with Crippen molar-refractivity contribution in [1.29, 1.82) is 0 Å². The van der Waals surface area contributed by atoms with E-state index in [-0.39, 0.29) is 15.7 Å². The first-order chi connectivity index (χ1) is 13.3. The van der Waals surface area contributed by atoms with Gasteiger partial charge in [-0.05, 0) is 61.8 Å². The van der Waals surface area contributed by atoms with Crippen molar-refractivity contribution in [2.75, 3.05) is 31.6 Å². The number of anilines is 1. The van der Waals surface area contributed by atoms with Crippen molar-refractivity contribution >= 4 is 15.5 Å². The molecule has 7 heteroatoms. The molecule has 0 saturated carbocycles. The van der Waals surface area contributed by atoms with Crippen LogP contribution in [0.4, 0.5) is 14.5 Å². The maximum absolute atomic E-state index is 13.6. The molecule has 2 aliphatic rings. The second-order valence-corrected chi connectivity index (χ2v) is 9.58. The van der Waals surface area contributed by atoms with Crippen molar-refractivity contribution in [2.24, 2.45) is 0 Å². The van der Waals surface area contributed by atoms with E-state index < -0.39 is 21.5 Å². The van der Waals surface area contributed by atoms with Gasteiger partial charge in [-0.1, -0.05) is 6.92 Å². The number of halogens is 2. The van der Waals surface area contributed by atoms with Crippen LogP contribution in [0.2, 0.25) is 0 Å². The molecule has 0 aromatic heterocycles. The molecule has 4 nitrogen and oxygen atoms in total. The quantitative estimate of drug-likeness (QED) is 0.777. The van der Waals surface area contributed by atoms with E-state index in [1.807, 2.05) is 6.07 Å². The Labute approximate surface area is 164 Å². The molecule has 0 N–H and O–H groups in total. The number of hydrogen-bond donors (Lipinski definition) is 0. The fraction of sp³-hybridized carbons (Fsp3) is 0.429. The van der Waals surface area contributed by atoms with Crippen molar-refractivity contribution in [3.63, 3.8) is 0 Å². The summed E-state index contributed by atoms with van der Waals surface area (Å²) < 4.78 is 53.1. The van der Waals surface area contributed by atoms with Gasteiger partial charge in [0, 0.05) is 37.3 Å². The molecule has 1 fully saturated rings. The first-order valence-electron chi connectivity index (χ1n) is 9.61. The Morgan fingerprint density at radius 2 is 1.68 bits per heavy atom. The molecule has 2 aliphatic heterocycles. The van der Waals surface area contributed by atoms with Crippen LogP contribution in [-0.4, -0.2) is 46.0 Å². The molecule has 2 atom stereocenters. The van der Waals surface area contributed by atoms with Crippen molar-refractivity contribution in [3.8, 4) is 0 Å². The number of likely N-dealkylation sites (tertiary alicyclic amines) is 1. The summed E-state index contributed by atoms with van der Waals surface area (Å²) >= 11 is 0. The number of rotatable bonds is 3. The van der Waals surface area contributed by atoms with Gasteiger partial charge in [-0.25, -0.2) is 17.2 Å². The highest BCUT2D eigenvalue weighted by molar-refractivity contribution is 7.91. The maximum atomic E-state index is 13.6. The molecule has 150 valence electrons. The van der Waals surface area contributed by atoms with Gasteiger partial charge in [0.05, 0.1) is 9.79 Å². The van der Waals surface area contributed by atoms with Crippen LogP contribution in [0, 0.1) is 11.6 Å². The molecule has 2 heterocycles. The van der Waals surface area contributed by atoms with Gasteiger partial charge in [0.1, 0.15) is 11.6 Å². The highest BCUT2D eigenvalue weighted by Crippen LogP contribution is 2.45. The summed E-state index contributed by atoms with van der Waals surface area (Å²) in [5.41, 5.74) is 2.06. The summed E-state index contributed by atoms with van der Waals surface area (Å²) in [4.78, 5) is 4.40. The van der Waals surface area contributed by atoms with Crippen molar-refractivity contribution in [2.45, 2.75) is 41.5 Å². The molecule has 0 spiro atoms. The van der Waals surface area contributed by atoms with E-state index in [9.17, 15) is 17.2 Å². The van der Waals surface area contributed by atoms with Crippen LogP contribution in [0.15, 0.2) is 46.2 Å². The van der Waals surface area contributed by atoms with Crippen LogP contribution in [0.25, 0.3) is 0 Å². The zero-order chi connectivity index (χ0) is 20.1. The van der Waals surface area contributed by atoms with E-state index in [0.29, 0.717) is 12.1 Å². The second-order valence-electron chi connectivity index (χ2n) is 7.63. The van der Waals surface area contributed by atoms with Crippen molar-refractivity contribution < 1.29 is 17.2 Å². The summed E-state index contributed by atoms with van der Waals surface area (Å²) in [5, 5.41) is 0. The van der Waals surface area contributed by atoms with Gasteiger partial charge in [-0.2, -0.15) is 0 Å². The predicted octanol–water partition coefficient (Wildman–Crippen LogP) is 3.82. The average molecular weight is 406 g/mol. The third-order valence-corrected chi connectivity index (χ3v) is 7.87. The lowest BCUT2D eigenvalue weighted by Gasteiger charge is -2.25. The lowest BCUT2D eigenvalue weighted by atomic mass is 9.91. The third kappa shape index (κ3) is 3.20. The van der Waals surface area contributed by atoms with E-state index >= 15 is 0 Å². The number of fused-ring (bicyclic) bond motifs is 3. The van der Waals surface area contributed by atoms with E-state index in [1.54, 1.807) is 6.07 Å². The van der Waals surface area contributed by atoms with Crippen LogP contribution in [0.5, 0.6) is 0 Å². The minimum absolute atomic E-state index is 0.0851. The normalized spacial score (nSPS) is 22.6. The second kappa shape index (κ2) is 7.12. The molecule has 4 rings (SSSR count). The number of likely N-dealkylation sites (N-methyl/N-ethyl adjacent to an activating group) is 1. The van der Waals surface area contributed by atoms with Gasteiger partial charge in [0.25, 0.3) is 0 Å². The minimum atomic E-state index is -3.99. The van der Waals surface area contributed by atoms with Crippen LogP contribution in [-0.2, 0) is 9.84 Å². The number of benzene rings is 2. The lowest BCUT2D eigenvalue weighted by molar-refractivity contribution is 0.298. The molecule has 1 saturated heterocycles. The molecular weight excluding hydrogens is 382 g/mol. The van der Waals surface area contributed by atoms with Crippen LogP contribution in [0.3, 0.4) is 0 Å².